The fourth-order valence-corrected chi connectivity index (χ4v) is 4.69. The number of aliphatic carboxylic acids is 3. The van der Waals surface area contributed by atoms with Crippen LogP contribution < -0.4 is 21.7 Å². The van der Waals surface area contributed by atoms with E-state index in [2.05, 4.69) is 16.0 Å². The largest absolute Gasteiger partial charge is 0.481 e. The van der Waals surface area contributed by atoms with Crippen molar-refractivity contribution in [2.24, 2.45) is 17.1 Å². The van der Waals surface area contributed by atoms with Crippen molar-refractivity contribution in [1.29, 1.82) is 0 Å². The van der Waals surface area contributed by atoms with Gasteiger partial charge in [-0.1, -0.05) is 27.2 Å². The number of nitrogens with one attached hydrogen (secondary N) is 3. The van der Waals surface area contributed by atoms with E-state index in [4.69, 9.17) is 10.8 Å². The Morgan fingerprint density at radius 3 is 1.79 bits per heavy atom. The number of carbonyl (C=O) groups excluding carboxylic acids is 4. The topological polar surface area (TPSA) is 242 Å². The minimum Gasteiger partial charge on any atom is -0.481 e. The summed E-state index contributed by atoms with van der Waals surface area (Å²) in [7, 11) is 0. The number of amides is 3. The molecule has 0 saturated carbocycles. The third-order valence-corrected chi connectivity index (χ3v) is 7.07. The van der Waals surface area contributed by atoms with E-state index in [1.165, 1.54) is 0 Å². The Balaban J connectivity index is 4.51. The molecule has 43 heavy (non-hydrogen) atoms. The predicted octanol–water partition coefficient (Wildman–Crippen LogP) is 1.59. The summed E-state index contributed by atoms with van der Waals surface area (Å²) in [6.07, 6.45) is 4.19. The maximum atomic E-state index is 12.3. The number of rotatable bonds is 25. The Kier molecular flexibility index (Phi) is 19.4. The molecule has 0 bridgehead atoms. The van der Waals surface area contributed by atoms with Crippen LogP contribution in [-0.2, 0) is 33.6 Å². The molecule has 0 saturated heterocycles. The molecular formula is C29H50N4O10. The quantitative estimate of drug-likeness (QED) is 0.0575. The van der Waals surface area contributed by atoms with Gasteiger partial charge in [-0.3, -0.25) is 19.2 Å². The SMILES string of the molecule is CC(CCCC(=O)N[C@@H](CCC(=O)N[C@@H](CCC(=O)NCCCC[C@H](N)C=O)C(=O)O)C(=O)O)CC(C)(C)CCC(=O)O. The summed E-state index contributed by atoms with van der Waals surface area (Å²) in [6.45, 7) is 6.36. The Labute approximate surface area is 252 Å². The van der Waals surface area contributed by atoms with Crippen LogP contribution in [0, 0.1) is 11.3 Å². The van der Waals surface area contributed by atoms with Crippen molar-refractivity contribution in [2.45, 2.75) is 122 Å². The Morgan fingerprint density at radius 2 is 1.28 bits per heavy atom. The van der Waals surface area contributed by atoms with Crippen molar-refractivity contribution in [3.8, 4) is 0 Å². The van der Waals surface area contributed by atoms with Crippen LogP contribution in [0.15, 0.2) is 0 Å². The fourth-order valence-electron chi connectivity index (χ4n) is 4.69. The van der Waals surface area contributed by atoms with Crippen LogP contribution in [0.1, 0.15) is 104 Å². The van der Waals surface area contributed by atoms with Crippen molar-refractivity contribution in [2.75, 3.05) is 6.54 Å². The molecule has 246 valence electrons. The predicted molar refractivity (Wildman–Crippen MR) is 157 cm³/mol. The zero-order valence-corrected chi connectivity index (χ0v) is 25.6. The number of unbranched alkanes of at least 4 members (excludes halogenated alkanes) is 1. The van der Waals surface area contributed by atoms with Crippen molar-refractivity contribution in [3.63, 3.8) is 0 Å². The van der Waals surface area contributed by atoms with Crippen LogP contribution in [0.2, 0.25) is 0 Å². The van der Waals surface area contributed by atoms with E-state index < -0.39 is 53.8 Å². The van der Waals surface area contributed by atoms with Crippen LogP contribution in [0.25, 0.3) is 0 Å². The standard InChI is InChI=1S/C29H50N4O10/c1-19(17-29(2,3)15-14-26(38)39)7-6-9-24(36)32-22(28(42)43)11-13-25(37)33-21(27(40)41)10-12-23(35)31-16-5-4-8-20(30)18-34/h18-22H,4-17,30H2,1-3H3,(H,31,35)(H,32,36)(H,33,37)(H,38,39)(H,40,41)(H,42,43)/t19?,20-,21-,22-/m0/s1. The van der Waals surface area contributed by atoms with Crippen LogP contribution in [0.3, 0.4) is 0 Å². The Hall–Kier alpha value is -3.55. The van der Waals surface area contributed by atoms with Gasteiger partial charge in [0.05, 0.1) is 6.04 Å². The molecule has 0 aliphatic carbocycles. The first-order chi connectivity index (χ1) is 20.1. The monoisotopic (exact) mass is 614 g/mol. The summed E-state index contributed by atoms with van der Waals surface area (Å²) in [5.74, 6) is -4.87. The highest BCUT2D eigenvalue weighted by Gasteiger charge is 2.25. The molecular weight excluding hydrogens is 564 g/mol. The smallest absolute Gasteiger partial charge is 0.326 e. The summed E-state index contributed by atoms with van der Waals surface area (Å²) in [5, 5.41) is 35.1. The average Bonchev–Trinajstić information content (AvgIpc) is 2.91. The van der Waals surface area contributed by atoms with E-state index >= 15 is 0 Å². The van der Waals surface area contributed by atoms with Gasteiger partial charge in [-0.05, 0) is 62.7 Å². The second-order valence-electron chi connectivity index (χ2n) is 11.9. The molecule has 8 N–H and O–H groups in total. The van der Waals surface area contributed by atoms with E-state index in [1.807, 2.05) is 20.8 Å². The molecule has 3 amide bonds. The second kappa shape index (κ2) is 21.2. The molecule has 0 aromatic carbocycles. The maximum Gasteiger partial charge on any atom is 0.326 e. The highest BCUT2D eigenvalue weighted by atomic mass is 16.4. The summed E-state index contributed by atoms with van der Waals surface area (Å²) >= 11 is 0. The third-order valence-electron chi connectivity index (χ3n) is 7.07. The number of nitrogens with two attached hydrogens (primary N) is 1. The van der Waals surface area contributed by atoms with E-state index in [1.54, 1.807) is 0 Å². The molecule has 14 nitrogen and oxygen atoms in total. The molecule has 4 atom stereocenters. The van der Waals surface area contributed by atoms with Gasteiger partial charge in [-0.15, -0.1) is 0 Å². The molecule has 0 aromatic rings. The van der Waals surface area contributed by atoms with E-state index in [0.29, 0.717) is 51.4 Å². The first-order valence-electron chi connectivity index (χ1n) is 14.8. The number of aldehydes is 1. The van der Waals surface area contributed by atoms with Gasteiger partial charge in [0.25, 0.3) is 0 Å². The van der Waals surface area contributed by atoms with Gasteiger partial charge in [0.2, 0.25) is 17.7 Å². The number of carboxylic acid groups (broad SMARTS) is 3. The zero-order valence-electron chi connectivity index (χ0n) is 25.6. The van der Waals surface area contributed by atoms with Gasteiger partial charge < -0.3 is 41.8 Å². The van der Waals surface area contributed by atoms with E-state index in [-0.39, 0.29) is 49.9 Å². The fraction of sp³-hybridized carbons (Fsp3) is 0.759. The lowest BCUT2D eigenvalue weighted by atomic mass is 9.78. The van der Waals surface area contributed by atoms with Crippen LogP contribution in [-0.4, -0.2) is 81.9 Å². The van der Waals surface area contributed by atoms with Gasteiger partial charge in [-0.2, -0.15) is 0 Å². The number of carbonyl (C=O) groups is 7. The summed E-state index contributed by atoms with van der Waals surface area (Å²) in [5.41, 5.74) is 5.33. The molecule has 1 unspecified atom stereocenters. The molecule has 0 fully saturated rings. The molecule has 0 aromatic heterocycles. The lowest BCUT2D eigenvalue weighted by molar-refractivity contribution is -0.143. The second-order valence-corrected chi connectivity index (χ2v) is 11.9. The number of carboxylic acids is 3. The van der Waals surface area contributed by atoms with Crippen molar-refractivity contribution < 1.29 is 48.9 Å². The first kappa shape index (κ1) is 39.5. The molecule has 0 aliphatic heterocycles. The normalized spacial score (nSPS) is 14.0. The number of hydrogen-bond acceptors (Lipinski definition) is 8. The first-order valence-corrected chi connectivity index (χ1v) is 14.8. The van der Waals surface area contributed by atoms with Gasteiger partial charge in [-0.25, -0.2) is 9.59 Å². The molecule has 0 radical (unpaired) electrons. The van der Waals surface area contributed by atoms with Gasteiger partial charge in [0.1, 0.15) is 18.4 Å². The van der Waals surface area contributed by atoms with Crippen LogP contribution in [0.5, 0.6) is 0 Å². The van der Waals surface area contributed by atoms with Crippen molar-refractivity contribution in [3.05, 3.63) is 0 Å². The molecule has 0 aliphatic rings. The van der Waals surface area contributed by atoms with Gasteiger partial charge in [0, 0.05) is 32.2 Å². The minimum atomic E-state index is -1.35. The molecule has 0 rings (SSSR count). The molecule has 14 heteroatoms. The van der Waals surface area contributed by atoms with Crippen molar-refractivity contribution in [1.82, 2.24) is 16.0 Å². The molecule has 0 heterocycles. The number of hydrogen-bond donors (Lipinski definition) is 7. The Morgan fingerprint density at radius 1 is 0.744 bits per heavy atom. The average molecular weight is 615 g/mol. The highest BCUT2D eigenvalue weighted by Crippen LogP contribution is 2.32. The summed E-state index contributed by atoms with van der Waals surface area (Å²) in [4.78, 5) is 81.2. The molecule has 0 spiro atoms. The summed E-state index contributed by atoms with van der Waals surface area (Å²) < 4.78 is 0. The van der Waals surface area contributed by atoms with E-state index in [0.717, 1.165) is 6.42 Å². The summed E-state index contributed by atoms with van der Waals surface area (Å²) in [6, 6.07) is -3.22. The van der Waals surface area contributed by atoms with Gasteiger partial charge >= 0.3 is 17.9 Å². The van der Waals surface area contributed by atoms with Crippen LogP contribution in [0.4, 0.5) is 0 Å². The zero-order chi connectivity index (χ0) is 33.0. The third kappa shape index (κ3) is 20.9. The van der Waals surface area contributed by atoms with Crippen molar-refractivity contribution >= 4 is 41.9 Å². The minimum absolute atomic E-state index is 0.0886. The highest BCUT2D eigenvalue weighted by molar-refractivity contribution is 5.86. The lowest BCUT2D eigenvalue weighted by Crippen LogP contribution is -2.44. The van der Waals surface area contributed by atoms with Crippen LogP contribution >= 0.6 is 0 Å². The maximum absolute atomic E-state index is 12.3. The van der Waals surface area contributed by atoms with E-state index in [9.17, 15) is 43.8 Å². The van der Waals surface area contributed by atoms with Gasteiger partial charge in [0.15, 0.2) is 0 Å². The lowest BCUT2D eigenvalue weighted by Gasteiger charge is -2.27. The Bertz CT molecular complexity index is 940.